The lowest BCUT2D eigenvalue weighted by molar-refractivity contribution is -0.116. The molecule has 0 aromatic carbocycles. The SMILES string of the molecule is C=CC(=C\C(=C/C)C(=O)NC)/C(CC)=N/NC. The van der Waals surface area contributed by atoms with E-state index in [-0.39, 0.29) is 5.91 Å². The summed E-state index contributed by atoms with van der Waals surface area (Å²) in [5.74, 6) is -0.119. The predicted molar refractivity (Wildman–Crippen MR) is 72.9 cm³/mol. The van der Waals surface area contributed by atoms with Crippen LogP contribution in [0.3, 0.4) is 0 Å². The minimum absolute atomic E-state index is 0.119. The van der Waals surface area contributed by atoms with Crippen LogP contribution in [0, 0.1) is 0 Å². The highest BCUT2D eigenvalue weighted by molar-refractivity contribution is 6.05. The fourth-order valence-corrected chi connectivity index (χ4v) is 1.33. The Morgan fingerprint density at radius 1 is 1.35 bits per heavy atom. The second-order valence-corrected chi connectivity index (χ2v) is 3.26. The summed E-state index contributed by atoms with van der Waals surface area (Å²) < 4.78 is 0. The highest BCUT2D eigenvalue weighted by atomic mass is 16.1. The minimum atomic E-state index is -0.119. The number of nitrogens with zero attached hydrogens (tertiary/aromatic N) is 1. The van der Waals surface area contributed by atoms with Crippen molar-refractivity contribution in [3.63, 3.8) is 0 Å². The van der Waals surface area contributed by atoms with Crippen molar-refractivity contribution in [3.8, 4) is 0 Å². The molecular weight excluding hydrogens is 214 g/mol. The number of hydrogen-bond acceptors (Lipinski definition) is 3. The van der Waals surface area contributed by atoms with Crippen LogP contribution in [-0.4, -0.2) is 25.7 Å². The van der Waals surface area contributed by atoms with Gasteiger partial charge in [0.1, 0.15) is 0 Å². The summed E-state index contributed by atoms with van der Waals surface area (Å²) in [4.78, 5) is 11.5. The average Bonchev–Trinajstić information content (AvgIpc) is 2.37. The van der Waals surface area contributed by atoms with Crippen molar-refractivity contribution < 1.29 is 4.79 Å². The molecule has 0 saturated heterocycles. The first-order chi connectivity index (χ1) is 8.14. The molecule has 0 aliphatic carbocycles. The van der Waals surface area contributed by atoms with Crippen LogP contribution in [0.4, 0.5) is 0 Å². The first-order valence-corrected chi connectivity index (χ1v) is 5.60. The molecule has 0 aliphatic rings. The maximum atomic E-state index is 11.5. The number of carbonyl (C=O) groups excluding carboxylic acids is 1. The number of hydrogen-bond donors (Lipinski definition) is 2. The van der Waals surface area contributed by atoms with Crippen LogP contribution in [0.1, 0.15) is 20.3 Å². The zero-order valence-electron chi connectivity index (χ0n) is 11.0. The van der Waals surface area contributed by atoms with Gasteiger partial charge in [0.05, 0.1) is 5.71 Å². The zero-order chi connectivity index (χ0) is 13.3. The van der Waals surface area contributed by atoms with Crippen LogP contribution >= 0.6 is 0 Å². The standard InChI is InChI=1S/C13H21N3O/c1-6-10(12(8-3)16-15-5)9-11(7-2)13(17)14-4/h6-7,9,15H,1,8H2,2-5H3,(H,14,17)/b10-9+,11-7+,16-12+. The van der Waals surface area contributed by atoms with Gasteiger partial charge in [-0.3, -0.25) is 4.79 Å². The number of amides is 1. The van der Waals surface area contributed by atoms with Gasteiger partial charge >= 0.3 is 0 Å². The molecule has 0 spiro atoms. The van der Waals surface area contributed by atoms with Crippen molar-refractivity contribution in [3.05, 3.63) is 36.0 Å². The molecule has 1 amide bonds. The van der Waals surface area contributed by atoms with Crippen molar-refractivity contribution in [2.45, 2.75) is 20.3 Å². The first kappa shape index (κ1) is 15.2. The first-order valence-electron chi connectivity index (χ1n) is 5.60. The molecule has 0 aromatic heterocycles. The second kappa shape index (κ2) is 8.33. The van der Waals surface area contributed by atoms with Crippen molar-refractivity contribution >= 4 is 11.6 Å². The monoisotopic (exact) mass is 235 g/mol. The summed E-state index contributed by atoms with van der Waals surface area (Å²) in [5.41, 5.74) is 5.06. The molecule has 4 nitrogen and oxygen atoms in total. The third-order valence-corrected chi connectivity index (χ3v) is 2.25. The molecule has 0 rings (SSSR count). The molecule has 0 radical (unpaired) electrons. The van der Waals surface area contributed by atoms with Crippen LogP contribution in [0.15, 0.2) is 41.1 Å². The molecule has 17 heavy (non-hydrogen) atoms. The van der Waals surface area contributed by atoms with Crippen molar-refractivity contribution in [1.29, 1.82) is 0 Å². The molecule has 0 fully saturated rings. The Hall–Kier alpha value is -1.84. The number of likely N-dealkylation sites (N-methyl/N-ethyl adjacent to an activating group) is 1. The second-order valence-electron chi connectivity index (χ2n) is 3.26. The molecule has 0 aromatic rings. The molecule has 94 valence electrons. The fraction of sp³-hybridized carbons (Fsp3) is 0.385. The van der Waals surface area contributed by atoms with E-state index in [1.807, 2.05) is 13.8 Å². The van der Waals surface area contributed by atoms with Crippen LogP contribution < -0.4 is 10.7 Å². The number of carbonyl (C=O) groups is 1. The van der Waals surface area contributed by atoms with E-state index < -0.39 is 0 Å². The normalized spacial score (nSPS) is 13.3. The van der Waals surface area contributed by atoms with Gasteiger partial charge in [0.2, 0.25) is 0 Å². The Kier molecular flexibility index (Phi) is 7.43. The van der Waals surface area contributed by atoms with Gasteiger partial charge in [-0.1, -0.05) is 25.7 Å². The maximum Gasteiger partial charge on any atom is 0.250 e. The van der Waals surface area contributed by atoms with Gasteiger partial charge in [-0.15, -0.1) is 0 Å². The van der Waals surface area contributed by atoms with Crippen molar-refractivity contribution in [1.82, 2.24) is 10.7 Å². The Labute approximate surface area is 103 Å². The third kappa shape index (κ3) is 4.68. The number of nitrogens with one attached hydrogen (secondary N) is 2. The lowest BCUT2D eigenvalue weighted by atomic mass is 10.0. The topological polar surface area (TPSA) is 53.5 Å². The van der Waals surface area contributed by atoms with Gasteiger partial charge in [0.15, 0.2) is 0 Å². The molecule has 0 atom stereocenters. The predicted octanol–water partition coefficient (Wildman–Crippen LogP) is 1.78. The van der Waals surface area contributed by atoms with Crippen molar-refractivity contribution in [2.24, 2.45) is 5.10 Å². The van der Waals surface area contributed by atoms with E-state index in [1.165, 1.54) is 0 Å². The molecular formula is C13H21N3O. The minimum Gasteiger partial charge on any atom is -0.355 e. The van der Waals surface area contributed by atoms with Gasteiger partial charge in [-0.25, -0.2) is 0 Å². The highest BCUT2D eigenvalue weighted by Crippen LogP contribution is 2.09. The van der Waals surface area contributed by atoms with Gasteiger partial charge in [0.25, 0.3) is 5.91 Å². The summed E-state index contributed by atoms with van der Waals surface area (Å²) >= 11 is 0. The van der Waals surface area contributed by atoms with Crippen molar-refractivity contribution in [2.75, 3.05) is 14.1 Å². The van der Waals surface area contributed by atoms with Gasteiger partial charge < -0.3 is 10.7 Å². The summed E-state index contributed by atoms with van der Waals surface area (Å²) in [5, 5.41) is 6.75. The Morgan fingerprint density at radius 3 is 2.35 bits per heavy atom. The maximum absolute atomic E-state index is 11.5. The Morgan fingerprint density at radius 2 is 2.00 bits per heavy atom. The van der Waals surface area contributed by atoms with Crippen LogP contribution in [-0.2, 0) is 4.79 Å². The molecule has 0 unspecified atom stereocenters. The highest BCUT2D eigenvalue weighted by Gasteiger charge is 2.07. The smallest absolute Gasteiger partial charge is 0.250 e. The molecule has 0 saturated carbocycles. The lowest BCUT2D eigenvalue weighted by Crippen LogP contribution is -2.19. The average molecular weight is 235 g/mol. The van der Waals surface area contributed by atoms with Crippen LogP contribution in [0.5, 0.6) is 0 Å². The van der Waals surface area contributed by atoms with E-state index >= 15 is 0 Å². The molecule has 0 heterocycles. The van der Waals surface area contributed by atoms with Crippen LogP contribution in [0.2, 0.25) is 0 Å². The summed E-state index contributed by atoms with van der Waals surface area (Å²) in [6.07, 6.45) is 6.01. The van der Waals surface area contributed by atoms with E-state index in [0.29, 0.717) is 5.57 Å². The number of rotatable bonds is 6. The molecule has 2 N–H and O–H groups in total. The summed E-state index contributed by atoms with van der Waals surface area (Å²) in [7, 11) is 3.35. The largest absolute Gasteiger partial charge is 0.355 e. The number of allylic oxidation sites excluding steroid dienone is 3. The third-order valence-electron chi connectivity index (χ3n) is 2.25. The number of hydrazone groups is 1. The fourth-order valence-electron chi connectivity index (χ4n) is 1.33. The van der Waals surface area contributed by atoms with Gasteiger partial charge in [-0.05, 0) is 25.0 Å². The van der Waals surface area contributed by atoms with E-state index in [4.69, 9.17) is 0 Å². The van der Waals surface area contributed by atoms with Gasteiger partial charge in [0, 0.05) is 19.7 Å². The zero-order valence-corrected chi connectivity index (χ0v) is 11.0. The summed E-state index contributed by atoms with van der Waals surface area (Å²) in [6, 6.07) is 0. The molecule has 0 aliphatic heterocycles. The lowest BCUT2D eigenvalue weighted by Gasteiger charge is -2.06. The Balaban J connectivity index is 5.30. The Bertz CT molecular complexity index is 365. The molecule has 4 heteroatoms. The summed E-state index contributed by atoms with van der Waals surface area (Å²) in [6.45, 7) is 7.57. The van der Waals surface area contributed by atoms with E-state index in [9.17, 15) is 4.79 Å². The van der Waals surface area contributed by atoms with E-state index in [2.05, 4.69) is 22.4 Å². The van der Waals surface area contributed by atoms with Crippen LogP contribution in [0.25, 0.3) is 0 Å². The van der Waals surface area contributed by atoms with Gasteiger partial charge in [-0.2, -0.15) is 5.10 Å². The quantitative estimate of drug-likeness (QED) is 0.319. The van der Waals surface area contributed by atoms with E-state index in [0.717, 1.165) is 17.7 Å². The molecule has 0 bridgehead atoms. The van der Waals surface area contributed by atoms with E-state index in [1.54, 1.807) is 32.3 Å².